The second-order valence-electron chi connectivity index (χ2n) is 3.98. The molecule has 5 heteroatoms. The van der Waals surface area contributed by atoms with Crippen LogP contribution in [0.15, 0.2) is 59.6 Å². The van der Waals surface area contributed by atoms with Gasteiger partial charge in [0, 0.05) is 5.56 Å². The molecule has 0 bridgehead atoms. The predicted octanol–water partition coefficient (Wildman–Crippen LogP) is 4.24. The normalized spacial score (nSPS) is 12.0. The summed E-state index contributed by atoms with van der Waals surface area (Å²) in [5.74, 6) is 0. The summed E-state index contributed by atoms with van der Waals surface area (Å²) in [5, 5.41) is 8.65. The SMILES string of the molecule is N#Cc1ccc(N=C(c2ccccc2)C(F)(F)F)cc1. The Kier molecular flexibility index (Phi) is 3.85. The maximum Gasteiger partial charge on any atom is 0.433 e. The highest BCUT2D eigenvalue weighted by molar-refractivity contribution is 6.05. The molecule has 0 saturated carbocycles. The van der Waals surface area contributed by atoms with Gasteiger partial charge in [-0.25, -0.2) is 4.99 Å². The van der Waals surface area contributed by atoms with E-state index in [-0.39, 0.29) is 11.3 Å². The van der Waals surface area contributed by atoms with Crippen molar-refractivity contribution in [1.29, 1.82) is 5.26 Å². The lowest BCUT2D eigenvalue weighted by Gasteiger charge is -2.10. The molecule has 2 aromatic carbocycles. The molecule has 0 N–H and O–H groups in total. The van der Waals surface area contributed by atoms with Crippen LogP contribution in [0.25, 0.3) is 0 Å². The quantitative estimate of drug-likeness (QED) is 0.754. The number of nitrogens with zero attached hydrogens (tertiary/aromatic N) is 2. The molecule has 0 fully saturated rings. The van der Waals surface area contributed by atoms with Crippen LogP contribution in [0.5, 0.6) is 0 Å². The van der Waals surface area contributed by atoms with Crippen LogP contribution < -0.4 is 0 Å². The molecule has 2 aromatic rings. The zero-order valence-corrected chi connectivity index (χ0v) is 10.2. The van der Waals surface area contributed by atoms with Gasteiger partial charge in [-0.2, -0.15) is 18.4 Å². The molecule has 0 amide bonds. The highest BCUT2D eigenvalue weighted by atomic mass is 19.4. The van der Waals surface area contributed by atoms with Gasteiger partial charge in [0.05, 0.1) is 17.3 Å². The monoisotopic (exact) mass is 274 g/mol. The average molecular weight is 274 g/mol. The number of hydrogen-bond acceptors (Lipinski definition) is 2. The molecule has 0 atom stereocenters. The smallest absolute Gasteiger partial charge is 0.243 e. The second kappa shape index (κ2) is 5.57. The Morgan fingerprint density at radius 2 is 1.55 bits per heavy atom. The number of rotatable bonds is 2. The van der Waals surface area contributed by atoms with Crippen LogP contribution in [0.2, 0.25) is 0 Å². The van der Waals surface area contributed by atoms with Crippen molar-refractivity contribution in [3.63, 3.8) is 0 Å². The lowest BCUT2D eigenvalue weighted by Crippen LogP contribution is -2.23. The van der Waals surface area contributed by atoms with E-state index in [1.165, 1.54) is 48.5 Å². The zero-order valence-electron chi connectivity index (χ0n) is 10.2. The van der Waals surface area contributed by atoms with Crippen LogP contribution in [0.3, 0.4) is 0 Å². The summed E-state index contributed by atoms with van der Waals surface area (Å²) in [6.45, 7) is 0. The van der Waals surface area contributed by atoms with Gasteiger partial charge in [-0.05, 0) is 24.3 Å². The third kappa shape index (κ3) is 3.23. The molecule has 0 aliphatic carbocycles. The topological polar surface area (TPSA) is 36.1 Å². The molecular formula is C15H9F3N2. The molecule has 0 radical (unpaired) electrons. The lowest BCUT2D eigenvalue weighted by atomic mass is 10.1. The number of alkyl halides is 3. The first-order valence-electron chi connectivity index (χ1n) is 5.72. The van der Waals surface area contributed by atoms with Gasteiger partial charge in [0.2, 0.25) is 0 Å². The molecule has 0 aliphatic heterocycles. The fraction of sp³-hybridized carbons (Fsp3) is 0.0667. The first kappa shape index (κ1) is 13.8. The van der Waals surface area contributed by atoms with Crippen molar-refractivity contribution in [2.24, 2.45) is 4.99 Å². The van der Waals surface area contributed by atoms with Crippen molar-refractivity contribution >= 4 is 11.4 Å². The number of aliphatic imine (C=N–C) groups is 1. The van der Waals surface area contributed by atoms with Crippen molar-refractivity contribution in [3.05, 3.63) is 65.7 Å². The lowest BCUT2D eigenvalue weighted by molar-refractivity contribution is -0.0579. The van der Waals surface area contributed by atoms with E-state index in [2.05, 4.69) is 4.99 Å². The Labute approximate surface area is 113 Å². The van der Waals surface area contributed by atoms with Crippen molar-refractivity contribution in [3.8, 4) is 6.07 Å². The fourth-order valence-corrected chi connectivity index (χ4v) is 1.63. The first-order valence-corrected chi connectivity index (χ1v) is 5.72. The highest BCUT2D eigenvalue weighted by Gasteiger charge is 2.36. The molecule has 0 aromatic heterocycles. The Morgan fingerprint density at radius 3 is 2.05 bits per heavy atom. The molecule has 2 nitrogen and oxygen atoms in total. The highest BCUT2D eigenvalue weighted by Crippen LogP contribution is 2.26. The summed E-state index contributed by atoms with van der Waals surface area (Å²) >= 11 is 0. The fourth-order valence-electron chi connectivity index (χ4n) is 1.63. The molecule has 20 heavy (non-hydrogen) atoms. The van der Waals surface area contributed by atoms with E-state index < -0.39 is 11.9 Å². The van der Waals surface area contributed by atoms with Crippen molar-refractivity contribution in [1.82, 2.24) is 0 Å². The van der Waals surface area contributed by atoms with Crippen LogP contribution >= 0.6 is 0 Å². The first-order chi connectivity index (χ1) is 9.50. The van der Waals surface area contributed by atoms with Gasteiger partial charge in [-0.3, -0.25) is 0 Å². The van der Waals surface area contributed by atoms with Crippen LogP contribution in [0.4, 0.5) is 18.9 Å². The maximum atomic E-state index is 13.1. The molecule has 100 valence electrons. The van der Waals surface area contributed by atoms with E-state index >= 15 is 0 Å². The van der Waals surface area contributed by atoms with Gasteiger partial charge >= 0.3 is 6.18 Å². The van der Waals surface area contributed by atoms with Gasteiger partial charge in [0.25, 0.3) is 0 Å². The largest absolute Gasteiger partial charge is 0.433 e. The average Bonchev–Trinajstić information content (AvgIpc) is 2.45. The van der Waals surface area contributed by atoms with Crippen LogP contribution in [-0.4, -0.2) is 11.9 Å². The van der Waals surface area contributed by atoms with Gasteiger partial charge in [-0.1, -0.05) is 30.3 Å². The van der Waals surface area contributed by atoms with Crippen molar-refractivity contribution in [2.75, 3.05) is 0 Å². The molecule has 0 heterocycles. The standard InChI is InChI=1S/C15H9F3N2/c16-15(17,18)14(12-4-2-1-3-5-12)20-13-8-6-11(10-19)7-9-13/h1-9H. The summed E-state index contributed by atoms with van der Waals surface area (Å²) in [6, 6.07) is 14.9. The molecule has 0 saturated heterocycles. The Hall–Kier alpha value is -2.61. The van der Waals surface area contributed by atoms with Crippen LogP contribution in [0.1, 0.15) is 11.1 Å². The summed E-state index contributed by atoms with van der Waals surface area (Å²) < 4.78 is 39.2. The maximum absolute atomic E-state index is 13.1. The number of nitriles is 1. The Morgan fingerprint density at radius 1 is 0.950 bits per heavy atom. The van der Waals surface area contributed by atoms with Gasteiger partial charge in [-0.15, -0.1) is 0 Å². The van der Waals surface area contributed by atoms with Crippen LogP contribution in [-0.2, 0) is 0 Å². The molecule has 0 unspecified atom stereocenters. The van der Waals surface area contributed by atoms with E-state index in [0.29, 0.717) is 5.56 Å². The molecule has 0 spiro atoms. The minimum atomic E-state index is -4.55. The second-order valence-corrected chi connectivity index (χ2v) is 3.98. The van der Waals surface area contributed by atoms with Crippen LogP contribution in [0, 0.1) is 11.3 Å². The number of benzene rings is 2. The molecular weight excluding hydrogens is 265 g/mol. The minimum Gasteiger partial charge on any atom is -0.243 e. The zero-order chi connectivity index (χ0) is 14.6. The molecule has 0 aliphatic rings. The van der Waals surface area contributed by atoms with Gasteiger partial charge < -0.3 is 0 Å². The Balaban J connectivity index is 2.46. The van der Waals surface area contributed by atoms with Crippen molar-refractivity contribution in [2.45, 2.75) is 6.18 Å². The van der Waals surface area contributed by atoms with Gasteiger partial charge in [0.15, 0.2) is 5.71 Å². The summed E-state index contributed by atoms with van der Waals surface area (Å²) in [6.07, 6.45) is -4.55. The third-order valence-electron chi connectivity index (χ3n) is 2.55. The van der Waals surface area contributed by atoms with E-state index in [4.69, 9.17) is 5.26 Å². The summed E-state index contributed by atoms with van der Waals surface area (Å²) in [4.78, 5) is 3.66. The predicted molar refractivity (Wildman–Crippen MR) is 69.9 cm³/mol. The van der Waals surface area contributed by atoms with E-state index in [1.54, 1.807) is 6.07 Å². The Bertz CT molecular complexity index is 650. The van der Waals surface area contributed by atoms with E-state index in [9.17, 15) is 13.2 Å². The number of halogens is 3. The molecule has 2 rings (SSSR count). The van der Waals surface area contributed by atoms with E-state index in [1.807, 2.05) is 6.07 Å². The minimum absolute atomic E-state index is 0.00404. The summed E-state index contributed by atoms with van der Waals surface area (Å²) in [5.41, 5.74) is -0.426. The van der Waals surface area contributed by atoms with Crippen molar-refractivity contribution < 1.29 is 13.2 Å². The third-order valence-corrected chi connectivity index (χ3v) is 2.55. The van der Waals surface area contributed by atoms with Gasteiger partial charge in [0.1, 0.15) is 0 Å². The number of hydrogen-bond donors (Lipinski definition) is 0. The van der Waals surface area contributed by atoms with E-state index in [0.717, 1.165) is 0 Å². The summed E-state index contributed by atoms with van der Waals surface area (Å²) in [7, 11) is 0.